The Morgan fingerprint density at radius 1 is 0.875 bits per heavy atom. The Labute approximate surface area is 144 Å². The van der Waals surface area contributed by atoms with Gasteiger partial charge in [0.25, 0.3) is 0 Å². The van der Waals surface area contributed by atoms with Crippen molar-refractivity contribution in [2.45, 2.75) is 34.1 Å². The molecule has 0 saturated carbocycles. The highest BCUT2D eigenvalue weighted by Gasteiger charge is 2.31. The fourth-order valence-corrected chi connectivity index (χ4v) is 3.39. The number of aryl methyl sites for hydroxylation is 2. The molecule has 0 amide bonds. The molecule has 0 N–H and O–H groups in total. The van der Waals surface area contributed by atoms with Crippen molar-refractivity contribution in [2.75, 3.05) is 6.61 Å². The Morgan fingerprint density at radius 2 is 1.33 bits per heavy atom. The van der Waals surface area contributed by atoms with Gasteiger partial charge in [-0.2, -0.15) is 0 Å². The number of phosphoric acid groups is 1. The summed E-state index contributed by atoms with van der Waals surface area (Å²) in [7, 11) is -3.77. The molecular weight excluding hydrogens is 323 g/mol. The lowest BCUT2D eigenvalue weighted by Crippen LogP contribution is -2.08. The minimum Gasteiger partial charge on any atom is -0.395 e. The van der Waals surface area contributed by atoms with E-state index in [1.54, 1.807) is 12.1 Å². The third-order valence-electron chi connectivity index (χ3n) is 3.55. The summed E-state index contributed by atoms with van der Waals surface area (Å²) in [6, 6.07) is 14.8. The highest BCUT2D eigenvalue weighted by Crippen LogP contribution is 2.50. The quantitative estimate of drug-likeness (QED) is 0.554. The summed E-state index contributed by atoms with van der Waals surface area (Å²) in [5.74, 6) is 1.44. The van der Waals surface area contributed by atoms with Crippen LogP contribution in [0.3, 0.4) is 0 Å². The van der Waals surface area contributed by atoms with Crippen molar-refractivity contribution >= 4 is 7.82 Å². The van der Waals surface area contributed by atoms with Crippen LogP contribution in [-0.4, -0.2) is 6.61 Å². The van der Waals surface area contributed by atoms with Crippen molar-refractivity contribution in [2.24, 2.45) is 5.92 Å². The predicted molar refractivity (Wildman–Crippen MR) is 96.6 cm³/mol. The van der Waals surface area contributed by atoms with Crippen LogP contribution in [-0.2, 0) is 9.09 Å². The molecule has 4 nitrogen and oxygen atoms in total. The van der Waals surface area contributed by atoms with Crippen LogP contribution in [0, 0.1) is 19.8 Å². The molecule has 24 heavy (non-hydrogen) atoms. The number of hydrogen-bond donors (Lipinski definition) is 0. The van der Waals surface area contributed by atoms with Gasteiger partial charge in [0.15, 0.2) is 0 Å². The van der Waals surface area contributed by atoms with E-state index in [0.717, 1.165) is 17.5 Å². The number of benzene rings is 2. The first-order valence-corrected chi connectivity index (χ1v) is 9.61. The zero-order chi connectivity index (χ0) is 17.6. The second kappa shape index (κ2) is 8.36. The van der Waals surface area contributed by atoms with Crippen LogP contribution in [0.25, 0.3) is 0 Å². The second-order valence-electron chi connectivity index (χ2n) is 6.18. The highest BCUT2D eigenvalue weighted by atomic mass is 31.2. The molecule has 0 radical (unpaired) electrons. The SMILES string of the molecule is Cc1ccccc1OP(=O)(OCCC(C)C)Oc1ccccc1C. The highest BCUT2D eigenvalue weighted by molar-refractivity contribution is 7.49. The average Bonchev–Trinajstić information content (AvgIpc) is 2.51. The van der Waals surface area contributed by atoms with Gasteiger partial charge >= 0.3 is 7.82 Å². The topological polar surface area (TPSA) is 44.8 Å². The molecule has 5 heteroatoms. The first-order valence-electron chi connectivity index (χ1n) is 8.14. The molecule has 0 aromatic heterocycles. The van der Waals surface area contributed by atoms with E-state index in [2.05, 4.69) is 13.8 Å². The van der Waals surface area contributed by atoms with Gasteiger partial charge in [0.2, 0.25) is 0 Å². The van der Waals surface area contributed by atoms with E-state index in [0.29, 0.717) is 24.0 Å². The molecule has 0 aliphatic heterocycles. The zero-order valence-electron chi connectivity index (χ0n) is 14.7. The van der Waals surface area contributed by atoms with Gasteiger partial charge in [0.1, 0.15) is 11.5 Å². The van der Waals surface area contributed by atoms with Crippen molar-refractivity contribution in [1.82, 2.24) is 0 Å². The number of rotatable bonds is 8. The summed E-state index contributed by atoms with van der Waals surface area (Å²) in [5, 5.41) is 0. The smallest absolute Gasteiger partial charge is 0.395 e. The van der Waals surface area contributed by atoms with E-state index in [1.807, 2.05) is 50.2 Å². The van der Waals surface area contributed by atoms with Gasteiger partial charge in [0.05, 0.1) is 6.61 Å². The molecule has 130 valence electrons. The summed E-state index contributed by atoms with van der Waals surface area (Å²) < 4.78 is 30.1. The van der Waals surface area contributed by atoms with Crippen LogP contribution in [0.15, 0.2) is 48.5 Å². The standard InChI is InChI=1S/C19H25O4P/c1-15(2)13-14-21-24(20,22-18-11-7-5-9-16(18)3)23-19-12-8-6-10-17(19)4/h5-12,15H,13-14H2,1-4H3. The average molecular weight is 348 g/mol. The van der Waals surface area contributed by atoms with Crippen molar-refractivity contribution in [3.8, 4) is 11.5 Å². The third kappa shape index (κ3) is 5.40. The first kappa shape index (κ1) is 18.6. The molecule has 0 unspecified atom stereocenters. The molecule has 2 rings (SSSR count). The van der Waals surface area contributed by atoms with E-state index < -0.39 is 7.82 Å². The molecule has 0 aliphatic carbocycles. The van der Waals surface area contributed by atoms with Gasteiger partial charge in [0, 0.05) is 0 Å². The van der Waals surface area contributed by atoms with Gasteiger partial charge in [-0.25, -0.2) is 4.57 Å². The van der Waals surface area contributed by atoms with Crippen molar-refractivity contribution < 1.29 is 18.1 Å². The minimum absolute atomic E-state index is 0.312. The summed E-state index contributed by atoms with van der Waals surface area (Å²) in [6.07, 6.45) is 0.776. The molecule has 0 aliphatic rings. The molecule has 0 heterocycles. The summed E-state index contributed by atoms with van der Waals surface area (Å²) >= 11 is 0. The van der Waals surface area contributed by atoms with Crippen molar-refractivity contribution in [3.63, 3.8) is 0 Å². The zero-order valence-corrected chi connectivity index (χ0v) is 15.6. The molecule has 0 atom stereocenters. The first-order chi connectivity index (χ1) is 11.4. The Hall–Kier alpha value is -1.77. The van der Waals surface area contributed by atoms with Crippen LogP contribution < -0.4 is 9.05 Å². The van der Waals surface area contributed by atoms with E-state index in [-0.39, 0.29) is 0 Å². The molecular formula is C19H25O4P. The van der Waals surface area contributed by atoms with E-state index in [4.69, 9.17) is 13.6 Å². The maximum atomic E-state index is 13.2. The molecule has 2 aromatic rings. The fourth-order valence-electron chi connectivity index (χ4n) is 2.03. The van der Waals surface area contributed by atoms with Gasteiger partial charge in [-0.3, -0.25) is 4.52 Å². The van der Waals surface area contributed by atoms with E-state index in [9.17, 15) is 4.57 Å². The molecule has 0 spiro atoms. The van der Waals surface area contributed by atoms with Crippen molar-refractivity contribution in [1.29, 1.82) is 0 Å². The fraction of sp³-hybridized carbons (Fsp3) is 0.368. The monoisotopic (exact) mass is 348 g/mol. The van der Waals surface area contributed by atoms with Crippen LogP contribution in [0.4, 0.5) is 0 Å². The van der Waals surface area contributed by atoms with Gasteiger partial charge in [-0.1, -0.05) is 50.2 Å². The van der Waals surface area contributed by atoms with Crippen molar-refractivity contribution in [3.05, 3.63) is 59.7 Å². The normalized spacial score (nSPS) is 11.5. The summed E-state index contributed by atoms with van der Waals surface area (Å²) in [5.41, 5.74) is 1.75. The lowest BCUT2D eigenvalue weighted by Gasteiger charge is -2.21. The van der Waals surface area contributed by atoms with Crippen LogP contribution in [0.2, 0.25) is 0 Å². The summed E-state index contributed by atoms with van der Waals surface area (Å²) in [6.45, 7) is 8.26. The number of phosphoric ester groups is 1. The molecule has 0 bridgehead atoms. The van der Waals surface area contributed by atoms with Crippen LogP contribution in [0.5, 0.6) is 11.5 Å². The lowest BCUT2D eigenvalue weighted by atomic mass is 10.2. The summed E-state index contributed by atoms with van der Waals surface area (Å²) in [4.78, 5) is 0. The molecule has 0 saturated heterocycles. The van der Waals surface area contributed by atoms with Crippen LogP contribution in [0.1, 0.15) is 31.4 Å². The Balaban J connectivity index is 2.22. The maximum absolute atomic E-state index is 13.2. The van der Waals surface area contributed by atoms with Crippen LogP contribution >= 0.6 is 7.82 Å². The Kier molecular flexibility index (Phi) is 6.47. The Morgan fingerprint density at radius 3 is 1.75 bits per heavy atom. The van der Waals surface area contributed by atoms with Gasteiger partial charge in [-0.05, 0) is 49.4 Å². The number of hydrogen-bond acceptors (Lipinski definition) is 4. The third-order valence-corrected chi connectivity index (χ3v) is 4.89. The van der Waals surface area contributed by atoms with E-state index in [1.165, 1.54) is 0 Å². The number of para-hydroxylation sites is 2. The molecule has 0 fully saturated rings. The lowest BCUT2D eigenvalue weighted by molar-refractivity contribution is 0.199. The Bertz CT molecular complexity index is 661. The maximum Gasteiger partial charge on any atom is 0.587 e. The van der Waals surface area contributed by atoms with Gasteiger partial charge < -0.3 is 9.05 Å². The largest absolute Gasteiger partial charge is 0.587 e. The second-order valence-corrected chi connectivity index (χ2v) is 7.69. The molecule has 2 aromatic carbocycles. The minimum atomic E-state index is -3.77. The van der Waals surface area contributed by atoms with Gasteiger partial charge in [-0.15, -0.1) is 0 Å². The predicted octanol–water partition coefficient (Wildman–Crippen LogP) is 5.93. The van der Waals surface area contributed by atoms with E-state index >= 15 is 0 Å².